The van der Waals surface area contributed by atoms with Gasteiger partial charge in [0.25, 0.3) is 0 Å². The maximum Gasteiger partial charge on any atom is 0.220 e. The van der Waals surface area contributed by atoms with Crippen LogP contribution in [0.4, 0.5) is 0 Å². The SMILES string of the molecule is CCO[Si](C1CCCC1)C(C)(C)C. The third-order valence-corrected chi connectivity index (χ3v) is 6.16. The molecular weight excluding hydrogens is 176 g/mol. The molecule has 1 fully saturated rings. The second-order valence-electron chi connectivity index (χ2n) is 5.03. The molecule has 13 heavy (non-hydrogen) atoms. The number of rotatable bonds is 3. The van der Waals surface area contributed by atoms with Crippen LogP contribution < -0.4 is 0 Å². The van der Waals surface area contributed by atoms with E-state index in [9.17, 15) is 0 Å². The Morgan fingerprint density at radius 3 is 2.15 bits per heavy atom. The summed E-state index contributed by atoms with van der Waals surface area (Å²) in [7, 11) is -0.589. The van der Waals surface area contributed by atoms with Crippen molar-refractivity contribution in [3.05, 3.63) is 0 Å². The zero-order valence-electron chi connectivity index (χ0n) is 9.52. The molecule has 0 aromatic rings. The van der Waals surface area contributed by atoms with Crippen LogP contribution in [0.5, 0.6) is 0 Å². The van der Waals surface area contributed by atoms with Gasteiger partial charge in [0, 0.05) is 6.61 Å². The van der Waals surface area contributed by atoms with Crippen LogP contribution in [0.25, 0.3) is 0 Å². The van der Waals surface area contributed by atoms with E-state index in [4.69, 9.17) is 4.43 Å². The minimum Gasteiger partial charge on any atom is -0.416 e. The average molecular weight is 199 g/mol. The Kier molecular flexibility index (Phi) is 3.99. The van der Waals surface area contributed by atoms with Crippen molar-refractivity contribution in [2.45, 2.75) is 64.0 Å². The molecular formula is C11H23OSi. The Morgan fingerprint density at radius 2 is 1.77 bits per heavy atom. The molecule has 0 heterocycles. The van der Waals surface area contributed by atoms with Crippen LogP contribution in [0.15, 0.2) is 0 Å². The molecule has 0 amide bonds. The van der Waals surface area contributed by atoms with Crippen LogP contribution >= 0.6 is 0 Å². The molecule has 0 N–H and O–H groups in total. The van der Waals surface area contributed by atoms with Gasteiger partial charge in [-0.3, -0.25) is 0 Å². The van der Waals surface area contributed by atoms with Gasteiger partial charge < -0.3 is 4.43 Å². The first-order valence-corrected chi connectivity index (χ1v) is 7.04. The summed E-state index contributed by atoms with van der Waals surface area (Å²) in [6.45, 7) is 10.1. The normalized spacial score (nSPS) is 20.1. The van der Waals surface area contributed by atoms with Crippen LogP contribution in [0.2, 0.25) is 10.6 Å². The highest BCUT2D eigenvalue weighted by molar-refractivity contribution is 6.57. The smallest absolute Gasteiger partial charge is 0.220 e. The first kappa shape index (κ1) is 11.3. The van der Waals surface area contributed by atoms with Crippen LogP contribution in [-0.2, 0) is 4.43 Å². The van der Waals surface area contributed by atoms with E-state index in [1.54, 1.807) is 0 Å². The van der Waals surface area contributed by atoms with Gasteiger partial charge in [-0.05, 0) is 17.5 Å². The molecule has 1 saturated carbocycles. The molecule has 0 atom stereocenters. The lowest BCUT2D eigenvalue weighted by atomic mass is 10.2. The first-order valence-electron chi connectivity index (χ1n) is 5.56. The Morgan fingerprint density at radius 1 is 1.23 bits per heavy atom. The van der Waals surface area contributed by atoms with Gasteiger partial charge in [0.15, 0.2) is 0 Å². The molecule has 0 saturated heterocycles. The highest BCUT2D eigenvalue weighted by Gasteiger charge is 2.37. The standard InChI is InChI=1S/C11H23OSi/c1-5-12-13(11(2,3)4)10-8-6-7-9-10/h10H,5-9H2,1-4H3. The van der Waals surface area contributed by atoms with Crippen LogP contribution in [-0.4, -0.2) is 15.6 Å². The lowest BCUT2D eigenvalue weighted by molar-refractivity contribution is 0.312. The monoisotopic (exact) mass is 199 g/mol. The summed E-state index contributed by atoms with van der Waals surface area (Å²) >= 11 is 0. The van der Waals surface area contributed by atoms with Gasteiger partial charge >= 0.3 is 0 Å². The summed E-state index contributed by atoms with van der Waals surface area (Å²) in [6, 6.07) is 0. The molecule has 0 aromatic carbocycles. The highest BCUT2D eigenvalue weighted by atomic mass is 28.3. The van der Waals surface area contributed by atoms with Gasteiger partial charge in [-0.2, -0.15) is 0 Å². The lowest BCUT2D eigenvalue weighted by Crippen LogP contribution is -2.33. The maximum atomic E-state index is 5.99. The van der Waals surface area contributed by atoms with E-state index in [2.05, 4.69) is 27.7 Å². The van der Waals surface area contributed by atoms with Crippen molar-refractivity contribution in [3.8, 4) is 0 Å². The van der Waals surface area contributed by atoms with Crippen molar-refractivity contribution in [3.63, 3.8) is 0 Å². The van der Waals surface area contributed by atoms with Gasteiger partial charge in [0.2, 0.25) is 9.04 Å². The van der Waals surface area contributed by atoms with Crippen molar-refractivity contribution < 1.29 is 4.43 Å². The van der Waals surface area contributed by atoms with E-state index >= 15 is 0 Å². The van der Waals surface area contributed by atoms with E-state index in [1.807, 2.05) is 0 Å². The van der Waals surface area contributed by atoms with Crippen molar-refractivity contribution in [1.82, 2.24) is 0 Å². The summed E-state index contributed by atoms with van der Waals surface area (Å²) in [5.74, 6) is 0. The van der Waals surface area contributed by atoms with Gasteiger partial charge in [0.05, 0.1) is 0 Å². The molecule has 1 radical (unpaired) electrons. The minimum atomic E-state index is -0.589. The largest absolute Gasteiger partial charge is 0.416 e. The van der Waals surface area contributed by atoms with Crippen molar-refractivity contribution >= 4 is 9.04 Å². The Hall–Kier alpha value is 0.177. The van der Waals surface area contributed by atoms with Crippen LogP contribution in [0.1, 0.15) is 53.4 Å². The maximum absolute atomic E-state index is 5.99. The molecule has 1 aliphatic rings. The molecule has 1 aliphatic carbocycles. The zero-order valence-corrected chi connectivity index (χ0v) is 10.5. The van der Waals surface area contributed by atoms with Crippen molar-refractivity contribution in [2.75, 3.05) is 6.61 Å². The summed E-state index contributed by atoms with van der Waals surface area (Å²) in [6.07, 6.45) is 5.71. The van der Waals surface area contributed by atoms with Crippen molar-refractivity contribution in [1.29, 1.82) is 0 Å². The summed E-state index contributed by atoms with van der Waals surface area (Å²) < 4.78 is 5.99. The Bertz CT molecular complexity index is 145. The van der Waals surface area contributed by atoms with Crippen LogP contribution in [0, 0.1) is 0 Å². The quantitative estimate of drug-likeness (QED) is 0.629. The molecule has 1 nitrogen and oxygen atoms in total. The van der Waals surface area contributed by atoms with Gasteiger partial charge in [0.1, 0.15) is 0 Å². The topological polar surface area (TPSA) is 9.23 Å². The fourth-order valence-corrected chi connectivity index (χ4v) is 5.43. The molecule has 2 heteroatoms. The second kappa shape index (κ2) is 4.60. The van der Waals surface area contributed by atoms with E-state index in [-0.39, 0.29) is 0 Å². The van der Waals surface area contributed by atoms with Gasteiger partial charge in [-0.15, -0.1) is 0 Å². The molecule has 0 aliphatic heterocycles. The van der Waals surface area contributed by atoms with E-state index < -0.39 is 9.04 Å². The summed E-state index contributed by atoms with van der Waals surface area (Å²) in [4.78, 5) is 0. The molecule has 1 rings (SSSR count). The zero-order chi connectivity index (χ0) is 9.90. The molecule has 0 bridgehead atoms. The predicted octanol–water partition coefficient (Wildman–Crippen LogP) is 3.76. The van der Waals surface area contributed by atoms with E-state index in [0.29, 0.717) is 5.04 Å². The molecule has 0 unspecified atom stereocenters. The molecule has 77 valence electrons. The van der Waals surface area contributed by atoms with Crippen LogP contribution in [0.3, 0.4) is 0 Å². The van der Waals surface area contributed by atoms with Gasteiger partial charge in [-0.25, -0.2) is 0 Å². The minimum absolute atomic E-state index is 0.412. The Balaban J connectivity index is 2.55. The number of hydrogen-bond acceptors (Lipinski definition) is 1. The third-order valence-electron chi connectivity index (χ3n) is 2.77. The summed E-state index contributed by atoms with van der Waals surface area (Å²) in [5, 5.41) is 0.412. The third kappa shape index (κ3) is 3.10. The Labute approximate surface area is 84.6 Å². The summed E-state index contributed by atoms with van der Waals surface area (Å²) in [5.41, 5.74) is 0.921. The number of hydrogen-bond donors (Lipinski definition) is 0. The van der Waals surface area contributed by atoms with E-state index in [0.717, 1.165) is 12.1 Å². The van der Waals surface area contributed by atoms with Gasteiger partial charge in [-0.1, -0.05) is 46.5 Å². The first-order chi connectivity index (χ1) is 6.05. The fraction of sp³-hybridized carbons (Fsp3) is 1.00. The fourth-order valence-electron chi connectivity index (χ4n) is 2.29. The van der Waals surface area contributed by atoms with Crippen molar-refractivity contribution in [2.24, 2.45) is 0 Å². The lowest BCUT2D eigenvalue weighted by Gasteiger charge is -2.32. The van der Waals surface area contributed by atoms with E-state index in [1.165, 1.54) is 25.7 Å². The average Bonchev–Trinajstić information content (AvgIpc) is 2.49. The second-order valence-corrected chi connectivity index (χ2v) is 8.36. The molecule has 0 aromatic heterocycles. The highest BCUT2D eigenvalue weighted by Crippen LogP contribution is 2.42. The molecule has 0 spiro atoms. The predicted molar refractivity (Wildman–Crippen MR) is 59.3 cm³/mol.